The molecule has 5 aromatic rings. The van der Waals surface area contributed by atoms with Crippen LogP contribution in [0, 0.1) is 6.92 Å². The summed E-state index contributed by atoms with van der Waals surface area (Å²) in [5, 5.41) is 28.0. The minimum Gasteiger partial charge on any atom is -0.470 e. The minimum absolute atomic E-state index is 0.0970. The van der Waals surface area contributed by atoms with Gasteiger partial charge in [0, 0.05) is 29.6 Å². The fraction of sp³-hybridized carbons (Fsp3) is 0.190. The van der Waals surface area contributed by atoms with Crippen molar-refractivity contribution in [3.8, 4) is 17.4 Å². The molecule has 9 nitrogen and oxygen atoms in total. The topological polar surface area (TPSA) is 111 Å². The second-order valence-electron chi connectivity index (χ2n) is 6.85. The lowest BCUT2D eigenvalue weighted by atomic mass is 10.2. The number of fused-ring (bicyclic) bond motifs is 3. The van der Waals surface area contributed by atoms with E-state index < -0.39 is 0 Å². The quantitative estimate of drug-likeness (QED) is 0.461. The molecule has 0 aliphatic heterocycles. The van der Waals surface area contributed by atoms with Gasteiger partial charge in [-0.2, -0.15) is 4.52 Å². The molecule has 0 saturated carbocycles. The number of aliphatic hydroxyl groups excluding tert-OH is 1. The normalized spacial score (nSPS) is 11.4. The smallest absolute Gasteiger partial charge is 0.240 e. The van der Waals surface area contributed by atoms with Crippen molar-refractivity contribution in [3.63, 3.8) is 0 Å². The van der Waals surface area contributed by atoms with Crippen LogP contribution in [0.15, 0.2) is 53.2 Å². The van der Waals surface area contributed by atoms with E-state index in [4.69, 9.17) is 14.4 Å². The third-order valence-corrected chi connectivity index (χ3v) is 4.73. The van der Waals surface area contributed by atoms with Gasteiger partial charge in [-0.05, 0) is 31.0 Å². The number of hydrogen-bond donors (Lipinski definition) is 1. The van der Waals surface area contributed by atoms with Crippen molar-refractivity contribution in [1.29, 1.82) is 0 Å². The van der Waals surface area contributed by atoms with Crippen LogP contribution in [0.3, 0.4) is 0 Å². The van der Waals surface area contributed by atoms with Gasteiger partial charge in [-0.3, -0.25) is 4.98 Å². The number of aromatic nitrogens is 6. The summed E-state index contributed by atoms with van der Waals surface area (Å²) in [7, 11) is 0. The molecule has 0 fully saturated rings. The van der Waals surface area contributed by atoms with E-state index in [1.165, 1.54) is 0 Å². The summed E-state index contributed by atoms with van der Waals surface area (Å²) in [6.07, 6.45) is 2.32. The van der Waals surface area contributed by atoms with Crippen LogP contribution in [0.2, 0.25) is 0 Å². The molecule has 9 heteroatoms. The highest BCUT2D eigenvalue weighted by Crippen LogP contribution is 2.29. The molecule has 0 saturated heterocycles. The average Bonchev–Trinajstić information content (AvgIpc) is 3.39. The van der Waals surface area contributed by atoms with Crippen molar-refractivity contribution < 1.29 is 14.4 Å². The maximum absolute atomic E-state index is 9.03. The summed E-state index contributed by atoms with van der Waals surface area (Å²) in [5.41, 5.74) is 2.90. The van der Waals surface area contributed by atoms with Gasteiger partial charge in [0.25, 0.3) is 0 Å². The number of ether oxygens (including phenoxy) is 1. The highest BCUT2D eigenvalue weighted by atomic mass is 16.5. The van der Waals surface area contributed by atoms with Crippen LogP contribution in [0.25, 0.3) is 27.9 Å². The number of aliphatic hydroxyl groups is 1. The van der Waals surface area contributed by atoms with Gasteiger partial charge in [0.2, 0.25) is 11.7 Å². The van der Waals surface area contributed by atoms with Crippen molar-refractivity contribution in [2.45, 2.75) is 20.0 Å². The lowest BCUT2D eigenvalue weighted by molar-refractivity contribution is 0.288. The van der Waals surface area contributed by atoms with E-state index in [0.29, 0.717) is 35.2 Å². The van der Waals surface area contributed by atoms with E-state index in [0.717, 1.165) is 22.0 Å². The molecule has 0 bridgehead atoms. The maximum atomic E-state index is 9.03. The van der Waals surface area contributed by atoms with Crippen LogP contribution < -0.4 is 4.74 Å². The molecule has 4 aromatic heterocycles. The van der Waals surface area contributed by atoms with E-state index in [-0.39, 0.29) is 13.2 Å². The van der Waals surface area contributed by atoms with Crippen LogP contribution in [-0.2, 0) is 13.0 Å². The number of hydrogen-bond acceptors (Lipinski definition) is 8. The molecule has 0 aliphatic rings. The lowest BCUT2D eigenvalue weighted by Gasteiger charge is -2.09. The molecule has 0 radical (unpaired) electrons. The Hall–Kier alpha value is -3.85. The fourth-order valence-corrected chi connectivity index (χ4v) is 3.25. The zero-order valence-corrected chi connectivity index (χ0v) is 16.2. The number of rotatable bonds is 6. The van der Waals surface area contributed by atoms with Gasteiger partial charge in [-0.1, -0.05) is 29.4 Å². The van der Waals surface area contributed by atoms with E-state index in [1.54, 1.807) is 16.8 Å². The number of pyridine rings is 1. The van der Waals surface area contributed by atoms with Crippen LogP contribution in [0.1, 0.15) is 17.0 Å². The first kappa shape index (κ1) is 18.2. The van der Waals surface area contributed by atoms with Gasteiger partial charge in [0.1, 0.15) is 12.4 Å². The highest BCUT2D eigenvalue weighted by Gasteiger charge is 2.18. The standard InChI is InChI=1S/C21H18N6O3/c1-13-10-18(26-30-13)20-24-23-19-16-4-2-3-5-17(16)21(25-27(19)20)29-12-15-7-6-14(8-9-28)11-22-15/h2-7,10-11,28H,8-9,12H2,1H3. The summed E-state index contributed by atoms with van der Waals surface area (Å²) < 4.78 is 12.8. The molecule has 1 N–H and O–H groups in total. The van der Waals surface area contributed by atoms with Crippen LogP contribution in [-0.4, -0.2) is 41.7 Å². The van der Waals surface area contributed by atoms with Gasteiger partial charge < -0.3 is 14.4 Å². The first-order valence-electron chi connectivity index (χ1n) is 9.48. The van der Waals surface area contributed by atoms with E-state index >= 15 is 0 Å². The predicted molar refractivity (Wildman–Crippen MR) is 108 cm³/mol. The van der Waals surface area contributed by atoms with Crippen LogP contribution >= 0.6 is 0 Å². The Bertz CT molecular complexity index is 1330. The second kappa shape index (κ2) is 7.53. The first-order valence-corrected chi connectivity index (χ1v) is 9.48. The molecule has 0 aliphatic carbocycles. The predicted octanol–water partition coefficient (Wildman–Crippen LogP) is 2.75. The fourth-order valence-electron chi connectivity index (χ4n) is 3.25. The van der Waals surface area contributed by atoms with Crippen LogP contribution in [0.4, 0.5) is 0 Å². The molecular formula is C21H18N6O3. The number of benzene rings is 1. The summed E-state index contributed by atoms with van der Waals surface area (Å²) in [6.45, 7) is 2.16. The Kier molecular flexibility index (Phi) is 4.56. The van der Waals surface area contributed by atoms with E-state index in [9.17, 15) is 0 Å². The van der Waals surface area contributed by atoms with E-state index in [2.05, 4.69) is 25.4 Å². The summed E-state index contributed by atoms with van der Waals surface area (Å²) in [4.78, 5) is 4.39. The van der Waals surface area contributed by atoms with E-state index in [1.807, 2.05) is 43.3 Å². The van der Waals surface area contributed by atoms with Gasteiger partial charge >= 0.3 is 0 Å². The van der Waals surface area contributed by atoms with Crippen molar-refractivity contribution in [3.05, 3.63) is 65.7 Å². The van der Waals surface area contributed by atoms with Gasteiger partial charge in [-0.15, -0.1) is 15.3 Å². The zero-order chi connectivity index (χ0) is 20.5. The summed E-state index contributed by atoms with van der Waals surface area (Å²) in [5.74, 6) is 1.60. The summed E-state index contributed by atoms with van der Waals surface area (Å²) >= 11 is 0. The van der Waals surface area contributed by atoms with Crippen molar-refractivity contribution in [2.24, 2.45) is 0 Å². The molecule has 5 rings (SSSR count). The van der Waals surface area contributed by atoms with Gasteiger partial charge in [-0.25, -0.2) is 0 Å². The largest absolute Gasteiger partial charge is 0.470 e. The third kappa shape index (κ3) is 3.25. The Morgan fingerprint density at radius 1 is 1.10 bits per heavy atom. The maximum Gasteiger partial charge on any atom is 0.240 e. The van der Waals surface area contributed by atoms with Gasteiger partial charge in [0.05, 0.1) is 5.69 Å². The van der Waals surface area contributed by atoms with Crippen LogP contribution in [0.5, 0.6) is 5.88 Å². The lowest BCUT2D eigenvalue weighted by Crippen LogP contribution is -2.05. The zero-order valence-electron chi connectivity index (χ0n) is 16.2. The Morgan fingerprint density at radius 3 is 2.70 bits per heavy atom. The van der Waals surface area contributed by atoms with Gasteiger partial charge in [0.15, 0.2) is 11.3 Å². The Labute approximate surface area is 170 Å². The monoisotopic (exact) mass is 402 g/mol. The Balaban J connectivity index is 1.54. The van der Waals surface area contributed by atoms with Crippen molar-refractivity contribution in [2.75, 3.05) is 6.61 Å². The second-order valence-corrected chi connectivity index (χ2v) is 6.85. The minimum atomic E-state index is 0.0970. The third-order valence-electron chi connectivity index (χ3n) is 4.73. The Morgan fingerprint density at radius 2 is 1.97 bits per heavy atom. The highest BCUT2D eigenvalue weighted by molar-refractivity contribution is 5.96. The number of nitrogens with zero attached hydrogens (tertiary/aromatic N) is 6. The van der Waals surface area contributed by atoms with Crippen molar-refractivity contribution in [1.82, 2.24) is 30.0 Å². The number of aryl methyl sites for hydroxylation is 1. The molecule has 4 heterocycles. The molecule has 0 amide bonds. The molecule has 1 aromatic carbocycles. The molecular weight excluding hydrogens is 384 g/mol. The first-order chi connectivity index (χ1) is 14.7. The van der Waals surface area contributed by atoms with Crippen molar-refractivity contribution >= 4 is 16.4 Å². The molecule has 0 spiro atoms. The molecule has 0 unspecified atom stereocenters. The molecule has 150 valence electrons. The summed E-state index contributed by atoms with van der Waals surface area (Å²) in [6, 6.07) is 13.3. The molecule has 0 atom stereocenters. The average molecular weight is 402 g/mol. The molecule has 30 heavy (non-hydrogen) atoms. The SMILES string of the molecule is Cc1cc(-c2nnc3c4ccccc4c(OCc4ccc(CCO)cn4)nn23)no1.